The molecule has 0 radical (unpaired) electrons. The van der Waals surface area contributed by atoms with Crippen molar-refractivity contribution in [1.29, 1.82) is 0 Å². The molecule has 1 aliphatic rings. The summed E-state index contributed by atoms with van der Waals surface area (Å²) < 4.78 is 6.11. The summed E-state index contributed by atoms with van der Waals surface area (Å²) in [5.74, 6) is 0. The van der Waals surface area contributed by atoms with Crippen LogP contribution in [0.5, 0.6) is 0 Å². The van der Waals surface area contributed by atoms with Crippen LogP contribution in [0.25, 0.3) is 10.9 Å². The summed E-state index contributed by atoms with van der Waals surface area (Å²) in [5.41, 5.74) is 0.0718. The lowest BCUT2D eigenvalue weighted by Gasteiger charge is -2.14. The number of nitrogens with zero attached hydrogens (tertiary/aromatic N) is 2. The molecule has 5 nitrogen and oxygen atoms in total. The molecular formula is C12H12N2O3. The maximum absolute atomic E-state index is 12.1. The van der Waals surface area contributed by atoms with Crippen molar-refractivity contribution >= 4 is 16.9 Å². The van der Waals surface area contributed by atoms with E-state index in [1.54, 1.807) is 29.2 Å². The summed E-state index contributed by atoms with van der Waals surface area (Å²) >= 11 is 0. The van der Waals surface area contributed by atoms with Gasteiger partial charge in [-0.05, 0) is 25.0 Å². The van der Waals surface area contributed by atoms with Crippen LogP contribution in [0.15, 0.2) is 33.6 Å². The zero-order valence-electron chi connectivity index (χ0n) is 9.26. The van der Waals surface area contributed by atoms with E-state index in [4.69, 9.17) is 4.52 Å². The third-order valence-electron chi connectivity index (χ3n) is 3.07. The fourth-order valence-electron chi connectivity index (χ4n) is 2.18. The molecule has 17 heavy (non-hydrogen) atoms. The van der Waals surface area contributed by atoms with Crippen molar-refractivity contribution in [2.75, 3.05) is 13.1 Å². The van der Waals surface area contributed by atoms with Gasteiger partial charge in [0.2, 0.25) is 0 Å². The van der Waals surface area contributed by atoms with Crippen LogP contribution in [0.2, 0.25) is 0 Å². The van der Waals surface area contributed by atoms with Gasteiger partial charge in [0, 0.05) is 13.1 Å². The van der Waals surface area contributed by atoms with Crippen molar-refractivity contribution in [3.8, 4) is 0 Å². The van der Waals surface area contributed by atoms with E-state index in [-0.39, 0.29) is 6.03 Å². The van der Waals surface area contributed by atoms with Crippen LogP contribution in [-0.2, 0) is 0 Å². The zero-order chi connectivity index (χ0) is 11.8. The largest absolute Gasteiger partial charge is 0.366 e. The number of amides is 1. The maximum atomic E-state index is 12.1. The van der Waals surface area contributed by atoms with Crippen molar-refractivity contribution in [2.24, 2.45) is 0 Å². The number of hydrogen-bond donors (Lipinski definition) is 0. The molecule has 1 aromatic heterocycles. The predicted molar refractivity (Wildman–Crippen MR) is 62.1 cm³/mol. The molecule has 1 aromatic carbocycles. The zero-order valence-corrected chi connectivity index (χ0v) is 9.26. The normalized spacial score (nSPS) is 15.6. The molecule has 2 aromatic rings. The Hall–Kier alpha value is -2.04. The number of likely N-dealkylation sites (tertiary alicyclic amines) is 1. The smallest absolute Gasteiger partial charge is 0.326 e. The monoisotopic (exact) mass is 232 g/mol. The second-order valence-electron chi connectivity index (χ2n) is 4.17. The van der Waals surface area contributed by atoms with Gasteiger partial charge in [-0.2, -0.15) is 0 Å². The molecule has 1 amide bonds. The average Bonchev–Trinajstić information content (AvgIpc) is 2.97. The van der Waals surface area contributed by atoms with E-state index in [0.717, 1.165) is 30.7 Å². The van der Waals surface area contributed by atoms with E-state index in [9.17, 15) is 9.59 Å². The van der Waals surface area contributed by atoms with E-state index >= 15 is 0 Å². The van der Waals surface area contributed by atoms with Crippen LogP contribution in [-0.4, -0.2) is 28.8 Å². The predicted octanol–water partition coefficient (Wildman–Crippen LogP) is 1.66. The lowest BCUT2D eigenvalue weighted by Crippen LogP contribution is -2.31. The Morgan fingerprint density at radius 2 is 1.88 bits per heavy atom. The number of carbonyl (C=O) groups is 1. The highest BCUT2D eigenvalue weighted by molar-refractivity contribution is 5.88. The Labute approximate surface area is 97.2 Å². The first-order valence-corrected chi connectivity index (χ1v) is 5.68. The Balaban J connectivity index is 2.11. The van der Waals surface area contributed by atoms with Crippen LogP contribution in [0.3, 0.4) is 0 Å². The summed E-state index contributed by atoms with van der Waals surface area (Å²) in [6.07, 6.45) is 2.02. The van der Waals surface area contributed by atoms with Crippen molar-refractivity contribution in [3.05, 3.63) is 34.7 Å². The molecule has 0 atom stereocenters. The first kappa shape index (κ1) is 10.1. The van der Waals surface area contributed by atoms with Crippen molar-refractivity contribution in [2.45, 2.75) is 12.8 Å². The first-order chi connectivity index (χ1) is 8.27. The number of rotatable bonds is 0. The Kier molecular flexibility index (Phi) is 2.24. The minimum absolute atomic E-state index is 0.249. The number of carbonyl (C=O) groups excluding carboxylic acids is 1. The molecule has 0 spiro atoms. The lowest BCUT2D eigenvalue weighted by atomic mass is 10.2. The van der Waals surface area contributed by atoms with Gasteiger partial charge >= 0.3 is 11.7 Å². The highest BCUT2D eigenvalue weighted by Crippen LogP contribution is 2.14. The minimum Gasteiger partial charge on any atom is -0.326 e. The standard InChI is InChI=1S/C12H12N2O3/c15-11-9-5-1-2-6-10(9)14(17-11)12(16)13-7-3-4-8-13/h1-2,5-6H,3-4,7-8H2. The van der Waals surface area contributed by atoms with Crippen LogP contribution < -0.4 is 5.63 Å². The van der Waals surface area contributed by atoms with E-state index in [1.807, 2.05) is 0 Å². The van der Waals surface area contributed by atoms with Gasteiger partial charge in [0.1, 0.15) is 5.52 Å². The number of aromatic nitrogens is 1. The van der Waals surface area contributed by atoms with Gasteiger partial charge in [-0.1, -0.05) is 12.1 Å². The first-order valence-electron chi connectivity index (χ1n) is 5.68. The Bertz CT molecular complexity index is 620. The maximum Gasteiger partial charge on any atom is 0.366 e. The van der Waals surface area contributed by atoms with Crippen molar-refractivity contribution < 1.29 is 9.32 Å². The third kappa shape index (κ3) is 1.54. The average molecular weight is 232 g/mol. The van der Waals surface area contributed by atoms with Gasteiger partial charge in [0.15, 0.2) is 0 Å². The van der Waals surface area contributed by atoms with Crippen LogP contribution in [0.1, 0.15) is 12.8 Å². The second kappa shape index (κ2) is 3.76. The van der Waals surface area contributed by atoms with E-state index in [2.05, 4.69) is 0 Å². The molecule has 1 fully saturated rings. The summed E-state index contributed by atoms with van der Waals surface area (Å²) in [5, 5.41) is 0.444. The quantitative estimate of drug-likeness (QED) is 0.694. The van der Waals surface area contributed by atoms with Crippen molar-refractivity contribution in [3.63, 3.8) is 0 Å². The van der Waals surface area contributed by atoms with Gasteiger partial charge in [-0.25, -0.2) is 9.59 Å². The van der Waals surface area contributed by atoms with Gasteiger partial charge in [0.05, 0.1) is 5.39 Å². The van der Waals surface area contributed by atoms with E-state index in [1.165, 1.54) is 0 Å². The minimum atomic E-state index is -0.465. The van der Waals surface area contributed by atoms with E-state index < -0.39 is 5.63 Å². The Morgan fingerprint density at radius 3 is 2.65 bits per heavy atom. The second-order valence-corrected chi connectivity index (χ2v) is 4.17. The lowest BCUT2D eigenvalue weighted by molar-refractivity contribution is 0.178. The number of hydrogen-bond acceptors (Lipinski definition) is 3. The molecular weight excluding hydrogens is 220 g/mol. The summed E-state index contributed by atoms with van der Waals surface area (Å²) in [6, 6.07) is 6.67. The molecule has 3 rings (SSSR count). The van der Waals surface area contributed by atoms with Gasteiger partial charge in [0.25, 0.3) is 0 Å². The molecule has 1 aliphatic heterocycles. The SMILES string of the molecule is O=C(N1CCCC1)n1oc(=O)c2ccccc21. The summed E-state index contributed by atoms with van der Waals surface area (Å²) in [4.78, 5) is 25.4. The fourth-order valence-corrected chi connectivity index (χ4v) is 2.18. The summed E-state index contributed by atoms with van der Waals surface area (Å²) in [6.45, 7) is 1.46. The molecule has 0 bridgehead atoms. The molecule has 5 heteroatoms. The number of benzene rings is 1. The number of para-hydroxylation sites is 1. The van der Waals surface area contributed by atoms with Crippen LogP contribution >= 0.6 is 0 Å². The van der Waals surface area contributed by atoms with E-state index in [0.29, 0.717) is 10.9 Å². The molecule has 0 saturated carbocycles. The highest BCUT2D eigenvalue weighted by atomic mass is 16.5. The Morgan fingerprint density at radius 1 is 1.18 bits per heavy atom. The molecule has 0 aliphatic carbocycles. The third-order valence-corrected chi connectivity index (χ3v) is 3.07. The molecule has 2 heterocycles. The van der Waals surface area contributed by atoms with Gasteiger partial charge in [-0.15, -0.1) is 4.74 Å². The van der Waals surface area contributed by atoms with Gasteiger partial charge in [-0.3, -0.25) is 0 Å². The highest BCUT2D eigenvalue weighted by Gasteiger charge is 2.23. The topological polar surface area (TPSA) is 55.5 Å². The van der Waals surface area contributed by atoms with Crippen LogP contribution in [0, 0.1) is 0 Å². The van der Waals surface area contributed by atoms with Crippen molar-refractivity contribution in [1.82, 2.24) is 9.64 Å². The van der Waals surface area contributed by atoms with Gasteiger partial charge < -0.3 is 9.42 Å². The fraction of sp³-hybridized carbons (Fsp3) is 0.333. The molecule has 0 unspecified atom stereocenters. The summed E-state index contributed by atoms with van der Waals surface area (Å²) in [7, 11) is 0. The molecule has 88 valence electrons. The molecule has 1 saturated heterocycles. The number of fused-ring (bicyclic) bond motifs is 1. The van der Waals surface area contributed by atoms with Crippen LogP contribution in [0.4, 0.5) is 4.79 Å². The molecule has 0 N–H and O–H groups in total.